The molecule has 4 rings (SSSR count). The topological polar surface area (TPSA) is 86.8 Å². The zero-order chi connectivity index (χ0) is 31.0. The number of nitrogens with zero attached hydrogens (tertiary/aromatic N) is 2. The van der Waals surface area contributed by atoms with Crippen LogP contribution in [0.3, 0.4) is 0 Å². The van der Waals surface area contributed by atoms with Crippen LogP contribution in [0, 0.1) is 13.8 Å². The summed E-state index contributed by atoms with van der Waals surface area (Å²) in [5, 5.41) is 3.32. The molecule has 0 saturated heterocycles. The normalized spacial score (nSPS) is 11.9. The number of aryl methyl sites for hydroxylation is 2. The molecule has 43 heavy (non-hydrogen) atoms. The van der Waals surface area contributed by atoms with E-state index in [1.807, 2.05) is 68.4 Å². The van der Waals surface area contributed by atoms with Crippen molar-refractivity contribution >= 4 is 39.1 Å². The van der Waals surface area contributed by atoms with E-state index in [1.165, 1.54) is 17.0 Å². The van der Waals surface area contributed by atoms with E-state index in [4.69, 9.17) is 11.6 Å². The quantitative estimate of drug-likeness (QED) is 0.214. The lowest BCUT2D eigenvalue weighted by molar-refractivity contribution is -0.140. The van der Waals surface area contributed by atoms with Gasteiger partial charge in [-0.2, -0.15) is 0 Å². The van der Waals surface area contributed by atoms with Crippen molar-refractivity contribution < 1.29 is 18.0 Å². The Kier molecular flexibility index (Phi) is 10.6. The molecule has 1 unspecified atom stereocenters. The van der Waals surface area contributed by atoms with E-state index in [1.54, 1.807) is 43.3 Å². The molecular formula is C34H36ClN3O4S. The van der Waals surface area contributed by atoms with Gasteiger partial charge in [-0.1, -0.05) is 90.0 Å². The zero-order valence-electron chi connectivity index (χ0n) is 24.5. The Labute approximate surface area is 259 Å². The summed E-state index contributed by atoms with van der Waals surface area (Å²) >= 11 is 6.21. The number of benzene rings is 4. The Morgan fingerprint density at radius 1 is 0.837 bits per heavy atom. The maximum Gasteiger partial charge on any atom is 0.264 e. The number of halogens is 1. The summed E-state index contributed by atoms with van der Waals surface area (Å²) in [7, 11) is -4.17. The Hall–Kier alpha value is -4.14. The van der Waals surface area contributed by atoms with E-state index in [0.717, 1.165) is 21.0 Å². The van der Waals surface area contributed by atoms with Gasteiger partial charge in [0, 0.05) is 24.5 Å². The lowest BCUT2D eigenvalue weighted by Gasteiger charge is -2.34. The summed E-state index contributed by atoms with van der Waals surface area (Å²) in [6.07, 6.45) is 0.260. The molecule has 0 aliphatic rings. The summed E-state index contributed by atoms with van der Waals surface area (Å²) in [5.41, 5.74) is 3.68. The van der Waals surface area contributed by atoms with Crippen LogP contribution in [0.15, 0.2) is 108 Å². The summed E-state index contributed by atoms with van der Waals surface area (Å²) in [6.45, 7) is 5.52. The molecule has 4 aromatic rings. The van der Waals surface area contributed by atoms with Gasteiger partial charge in [0.15, 0.2) is 0 Å². The fourth-order valence-corrected chi connectivity index (χ4v) is 6.59. The molecule has 1 atom stereocenters. The molecule has 7 nitrogen and oxygen atoms in total. The van der Waals surface area contributed by atoms with E-state index in [0.29, 0.717) is 22.8 Å². The number of likely N-dealkylation sites (N-methyl/N-ethyl adjacent to an activating group) is 1. The molecule has 0 fully saturated rings. The van der Waals surface area contributed by atoms with E-state index in [9.17, 15) is 18.0 Å². The van der Waals surface area contributed by atoms with Gasteiger partial charge in [-0.25, -0.2) is 8.42 Å². The molecule has 0 saturated carbocycles. The van der Waals surface area contributed by atoms with Crippen LogP contribution in [0.1, 0.15) is 29.2 Å². The zero-order valence-corrected chi connectivity index (χ0v) is 26.1. The molecule has 0 aliphatic heterocycles. The van der Waals surface area contributed by atoms with Crippen molar-refractivity contribution in [3.8, 4) is 0 Å². The average Bonchev–Trinajstić information content (AvgIpc) is 3.00. The molecule has 0 bridgehead atoms. The minimum Gasteiger partial charge on any atom is -0.355 e. The van der Waals surface area contributed by atoms with Gasteiger partial charge in [-0.05, 0) is 67.8 Å². The molecule has 1 N–H and O–H groups in total. The Bertz CT molecular complexity index is 1650. The SMILES string of the molecule is CCNC(=O)C(Cc1ccccc1)N(Cc1ccc(C)cc1)C(=O)CN(c1ccc(Cl)cc1C)S(=O)(=O)c1ccccc1. The highest BCUT2D eigenvalue weighted by Gasteiger charge is 2.35. The molecular weight excluding hydrogens is 582 g/mol. The highest BCUT2D eigenvalue weighted by Crippen LogP contribution is 2.29. The maximum absolute atomic E-state index is 14.4. The molecule has 4 aromatic carbocycles. The fourth-order valence-electron chi connectivity index (χ4n) is 4.87. The van der Waals surface area contributed by atoms with E-state index < -0.39 is 28.5 Å². The number of hydrogen-bond donors (Lipinski definition) is 1. The lowest BCUT2D eigenvalue weighted by Crippen LogP contribution is -2.53. The first-order valence-electron chi connectivity index (χ1n) is 14.1. The van der Waals surface area contributed by atoms with Crippen LogP contribution in [0.5, 0.6) is 0 Å². The molecule has 0 aromatic heterocycles. The Morgan fingerprint density at radius 2 is 1.47 bits per heavy atom. The van der Waals surface area contributed by atoms with Crippen molar-refractivity contribution in [3.05, 3.63) is 130 Å². The van der Waals surface area contributed by atoms with E-state index >= 15 is 0 Å². The average molecular weight is 618 g/mol. The van der Waals surface area contributed by atoms with Crippen LogP contribution in [0.4, 0.5) is 5.69 Å². The van der Waals surface area contributed by atoms with Gasteiger partial charge in [-0.3, -0.25) is 13.9 Å². The van der Waals surface area contributed by atoms with Gasteiger partial charge < -0.3 is 10.2 Å². The molecule has 0 aliphatic carbocycles. The molecule has 0 spiro atoms. The lowest BCUT2D eigenvalue weighted by atomic mass is 10.0. The second kappa shape index (κ2) is 14.4. The number of carbonyl (C=O) groups is 2. The largest absolute Gasteiger partial charge is 0.355 e. The number of nitrogens with one attached hydrogen (secondary N) is 1. The predicted molar refractivity (Wildman–Crippen MR) is 172 cm³/mol. The molecule has 2 amide bonds. The van der Waals surface area contributed by atoms with Gasteiger partial charge in [-0.15, -0.1) is 0 Å². The number of hydrogen-bond acceptors (Lipinski definition) is 4. The maximum atomic E-state index is 14.4. The van der Waals surface area contributed by atoms with Gasteiger partial charge in [0.2, 0.25) is 11.8 Å². The Balaban J connectivity index is 1.81. The van der Waals surface area contributed by atoms with E-state index in [2.05, 4.69) is 5.32 Å². The van der Waals surface area contributed by atoms with Crippen LogP contribution in [0.25, 0.3) is 0 Å². The third kappa shape index (κ3) is 8.03. The van der Waals surface area contributed by atoms with Gasteiger partial charge in [0.05, 0.1) is 10.6 Å². The van der Waals surface area contributed by atoms with Gasteiger partial charge in [0.1, 0.15) is 12.6 Å². The summed E-state index contributed by atoms with van der Waals surface area (Å²) in [4.78, 5) is 29.5. The highest BCUT2D eigenvalue weighted by atomic mass is 35.5. The predicted octanol–water partition coefficient (Wildman–Crippen LogP) is 5.93. The van der Waals surface area contributed by atoms with Crippen molar-refractivity contribution in [2.75, 3.05) is 17.4 Å². The number of amides is 2. The van der Waals surface area contributed by atoms with Gasteiger partial charge in [0.25, 0.3) is 10.0 Å². The monoisotopic (exact) mass is 617 g/mol. The first-order chi connectivity index (χ1) is 20.6. The van der Waals surface area contributed by atoms with E-state index in [-0.39, 0.29) is 23.8 Å². The van der Waals surface area contributed by atoms with Crippen molar-refractivity contribution in [1.29, 1.82) is 0 Å². The number of carbonyl (C=O) groups excluding carboxylic acids is 2. The third-order valence-corrected chi connectivity index (χ3v) is 9.14. The number of anilines is 1. The number of sulfonamides is 1. The molecule has 0 heterocycles. The molecule has 0 radical (unpaired) electrons. The van der Waals surface area contributed by atoms with Crippen molar-refractivity contribution in [1.82, 2.24) is 10.2 Å². The van der Waals surface area contributed by atoms with Crippen LogP contribution in [-0.2, 0) is 32.6 Å². The highest BCUT2D eigenvalue weighted by molar-refractivity contribution is 7.92. The van der Waals surface area contributed by atoms with Gasteiger partial charge >= 0.3 is 0 Å². The smallest absolute Gasteiger partial charge is 0.264 e. The first-order valence-corrected chi connectivity index (χ1v) is 15.9. The van der Waals surface area contributed by atoms with Crippen molar-refractivity contribution in [2.24, 2.45) is 0 Å². The molecule has 224 valence electrons. The summed E-state index contributed by atoms with van der Waals surface area (Å²) in [6, 6.07) is 29.1. The minimum atomic E-state index is -4.17. The van der Waals surface area contributed by atoms with Crippen LogP contribution in [-0.4, -0.2) is 44.3 Å². The van der Waals surface area contributed by atoms with Crippen LogP contribution >= 0.6 is 11.6 Å². The summed E-state index contributed by atoms with van der Waals surface area (Å²) < 4.78 is 29.2. The first kappa shape index (κ1) is 31.8. The summed E-state index contributed by atoms with van der Waals surface area (Å²) in [5.74, 6) is -0.825. The second-order valence-electron chi connectivity index (χ2n) is 10.4. The minimum absolute atomic E-state index is 0.0480. The molecule has 9 heteroatoms. The van der Waals surface area contributed by atoms with Crippen LogP contribution < -0.4 is 9.62 Å². The fraction of sp³-hybridized carbons (Fsp3) is 0.235. The van der Waals surface area contributed by atoms with Crippen LogP contribution in [0.2, 0.25) is 5.02 Å². The second-order valence-corrected chi connectivity index (χ2v) is 12.7. The third-order valence-electron chi connectivity index (χ3n) is 7.13. The van der Waals surface area contributed by atoms with Crippen molar-refractivity contribution in [2.45, 2.75) is 44.7 Å². The van der Waals surface area contributed by atoms with Crippen molar-refractivity contribution in [3.63, 3.8) is 0 Å². The number of rotatable bonds is 12. The Morgan fingerprint density at radius 3 is 2.07 bits per heavy atom. The standard InChI is InChI=1S/C34H36ClN3O4S/c1-4-36-34(40)32(22-27-11-7-5-8-12-27)37(23-28-17-15-25(2)16-18-28)33(39)24-38(31-20-19-29(35)21-26(31)3)43(41,42)30-13-9-6-10-14-30/h5-21,32H,4,22-24H2,1-3H3,(H,36,40).